The third-order valence-electron chi connectivity index (χ3n) is 5.79. The lowest BCUT2D eigenvalue weighted by Crippen LogP contribution is -2.36. The van der Waals surface area contributed by atoms with Crippen molar-refractivity contribution in [3.8, 4) is 11.3 Å². The predicted molar refractivity (Wildman–Crippen MR) is 136 cm³/mol. The highest BCUT2D eigenvalue weighted by Gasteiger charge is 2.19. The van der Waals surface area contributed by atoms with Crippen LogP contribution >= 0.6 is 11.6 Å². The summed E-state index contributed by atoms with van der Waals surface area (Å²) in [7, 11) is 0. The lowest BCUT2D eigenvalue weighted by Gasteiger charge is -2.29. The maximum Gasteiger partial charge on any atom is 0.259 e. The molecule has 0 bridgehead atoms. The number of anilines is 2. The molecule has 1 aliphatic rings. The molecule has 6 nitrogen and oxygen atoms in total. The van der Waals surface area contributed by atoms with Crippen molar-refractivity contribution in [2.75, 3.05) is 36.5 Å². The number of benzene rings is 3. The fraction of sp³-hybridized carbons (Fsp3) is 0.185. The van der Waals surface area contributed by atoms with Crippen molar-refractivity contribution in [2.45, 2.75) is 6.54 Å². The Morgan fingerprint density at radius 2 is 1.74 bits per heavy atom. The third kappa shape index (κ3) is 5.14. The summed E-state index contributed by atoms with van der Waals surface area (Å²) in [5.41, 5.74) is 4.89. The fourth-order valence-electron chi connectivity index (χ4n) is 4.06. The van der Waals surface area contributed by atoms with Gasteiger partial charge in [-0.15, -0.1) is 0 Å². The van der Waals surface area contributed by atoms with E-state index in [-0.39, 0.29) is 5.91 Å². The normalized spacial score (nSPS) is 13.6. The van der Waals surface area contributed by atoms with Crippen LogP contribution in [-0.4, -0.2) is 42.0 Å². The van der Waals surface area contributed by atoms with Crippen LogP contribution < -0.4 is 10.2 Å². The van der Waals surface area contributed by atoms with E-state index in [9.17, 15) is 4.79 Å². The summed E-state index contributed by atoms with van der Waals surface area (Å²) in [6.45, 7) is 3.67. The zero-order chi connectivity index (χ0) is 23.3. The molecule has 3 aromatic carbocycles. The van der Waals surface area contributed by atoms with Crippen LogP contribution in [0.1, 0.15) is 15.9 Å². The number of amides is 1. The van der Waals surface area contributed by atoms with Crippen molar-refractivity contribution in [3.05, 3.63) is 101 Å². The molecule has 1 saturated heterocycles. The van der Waals surface area contributed by atoms with Crippen LogP contribution in [0.5, 0.6) is 0 Å². The van der Waals surface area contributed by atoms with Gasteiger partial charge in [0.1, 0.15) is 5.69 Å². The molecule has 1 aliphatic heterocycles. The van der Waals surface area contributed by atoms with Crippen molar-refractivity contribution in [1.82, 2.24) is 9.78 Å². The number of rotatable bonds is 6. The molecular weight excluding hydrogens is 448 g/mol. The van der Waals surface area contributed by atoms with Crippen LogP contribution in [-0.2, 0) is 11.3 Å². The Morgan fingerprint density at radius 3 is 2.50 bits per heavy atom. The molecule has 1 fully saturated rings. The first-order valence-corrected chi connectivity index (χ1v) is 11.6. The zero-order valence-corrected chi connectivity index (χ0v) is 19.4. The van der Waals surface area contributed by atoms with Gasteiger partial charge in [0.25, 0.3) is 5.91 Å². The highest BCUT2D eigenvalue weighted by atomic mass is 35.5. The fourth-order valence-corrected chi connectivity index (χ4v) is 4.19. The van der Waals surface area contributed by atoms with Gasteiger partial charge in [-0.1, -0.05) is 60.1 Å². The van der Waals surface area contributed by atoms with Crippen molar-refractivity contribution >= 4 is 28.9 Å². The highest BCUT2D eigenvalue weighted by Crippen LogP contribution is 2.26. The zero-order valence-electron chi connectivity index (χ0n) is 18.7. The van der Waals surface area contributed by atoms with E-state index in [0.29, 0.717) is 36.0 Å². The van der Waals surface area contributed by atoms with Gasteiger partial charge in [-0.3, -0.25) is 9.48 Å². The Labute approximate surface area is 203 Å². The number of hydrogen-bond acceptors (Lipinski definition) is 4. The Balaban J connectivity index is 1.43. The molecule has 0 saturated carbocycles. The van der Waals surface area contributed by atoms with Crippen LogP contribution in [0.3, 0.4) is 0 Å². The number of ether oxygens (including phenoxy) is 1. The lowest BCUT2D eigenvalue weighted by molar-refractivity contribution is 0.102. The smallest absolute Gasteiger partial charge is 0.259 e. The number of carbonyl (C=O) groups is 1. The summed E-state index contributed by atoms with van der Waals surface area (Å²) >= 11 is 6.08. The quantitative estimate of drug-likeness (QED) is 0.411. The van der Waals surface area contributed by atoms with Gasteiger partial charge in [0.05, 0.1) is 25.3 Å². The molecule has 0 radical (unpaired) electrons. The maximum atomic E-state index is 13.4. The second-order valence-electron chi connectivity index (χ2n) is 8.19. The standard InChI is InChI=1S/C27H25ClN4O2/c28-22-11-9-21(10-12-22)26-25(19-32(30-26)18-20-5-2-1-3-6-20)27(33)29-23-7-4-8-24(17-23)31-13-15-34-16-14-31/h1-12,17,19H,13-16,18H2,(H,29,33). The first kappa shape index (κ1) is 22.2. The number of nitrogens with zero attached hydrogens (tertiary/aromatic N) is 3. The van der Waals surface area contributed by atoms with Crippen molar-refractivity contribution in [2.24, 2.45) is 0 Å². The van der Waals surface area contributed by atoms with E-state index in [4.69, 9.17) is 21.4 Å². The van der Waals surface area contributed by atoms with E-state index >= 15 is 0 Å². The summed E-state index contributed by atoms with van der Waals surface area (Å²) in [6, 6.07) is 25.3. The van der Waals surface area contributed by atoms with Gasteiger partial charge in [0.2, 0.25) is 0 Å². The average Bonchev–Trinajstić information content (AvgIpc) is 3.30. The highest BCUT2D eigenvalue weighted by molar-refractivity contribution is 6.30. The van der Waals surface area contributed by atoms with Gasteiger partial charge in [-0.25, -0.2) is 0 Å². The summed E-state index contributed by atoms with van der Waals surface area (Å²) in [6.07, 6.45) is 1.80. The lowest BCUT2D eigenvalue weighted by atomic mass is 10.1. The Morgan fingerprint density at radius 1 is 0.971 bits per heavy atom. The Hall–Kier alpha value is -3.61. The van der Waals surface area contributed by atoms with Gasteiger partial charge < -0.3 is 15.0 Å². The van der Waals surface area contributed by atoms with E-state index in [1.54, 1.807) is 23.0 Å². The number of aromatic nitrogens is 2. The SMILES string of the molecule is O=C(Nc1cccc(N2CCOCC2)c1)c1cn(Cc2ccccc2)nc1-c1ccc(Cl)cc1. The molecule has 2 heterocycles. The van der Waals surface area contributed by atoms with Crippen LogP contribution in [0.2, 0.25) is 5.02 Å². The second-order valence-corrected chi connectivity index (χ2v) is 8.62. The van der Waals surface area contributed by atoms with Gasteiger partial charge in [-0.05, 0) is 35.9 Å². The first-order valence-electron chi connectivity index (χ1n) is 11.3. The number of halogens is 1. The Kier molecular flexibility index (Phi) is 6.60. The van der Waals surface area contributed by atoms with E-state index in [2.05, 4.69) is 16.3 Å². The molecule has 0 unspecified atom stereocenters. The minimum atomic E-state index is -0.205. The minimum Gasteiger partial charge on any atom is -0.378 e. The molecule has 0 spiro atoms. The Bertz CT molecular complexity index is 1270. The van der Waals surface area contributed by atoms with Crippen molar-refractivity contribution in [1.29, 1.82) is 0 Å². The van der Waals surface area contributed by atoms with Crippen molar-refractivity contribution < 1.29 is 9.53 Å². The second kappa shape index (κ2) is 10.1. The third-order valence-corrected chi connectivity index (χ3v) is 6.04. The summed E-state index contributed by atoms with van der Waals surface area (Å²) in [5, 5.41) is 8.45. The summed E-state index contributed by atoms with van der Waals surface area (Å²) in [5.74, 6) is -0.205. The molecule has 1 aromatic heterocycles. The van der Waals surface area contributed by atoms with Gasteiger partial charge in [-0.2, -0.15) is 5.10 Å². The monoisotopic (exact) mass is 472 g/mol. The van der Waals surface area contributed by atoms with E-state index < -0.39 is 0 Å². The van der Waals surface area contributed by atoms with E-state index in [0.717, 1.165) is 35.6 Å². The predicted octanol–water partition coefficient (Wildman–Crippen LogP) is 5.34. The molecule has 0 aliphatic carbocycles. The largest absolute Gasteiger partial charge is 0.378 e. The summed E-state index contributed by atoms with van der Waals surface area (Å²) in [4.78, 5) is 15.7. The van der Waals surface area contributed by atoms with Crippen LogP contribution in [0.4, 0.5) is 11.4 Å². The topological polar surface area (TPSA) is 59.4 Å². The molecule has 1 N–H and O–H groups in total. The van der Waals surface area contributed by atoms with Gasteiger partial charge in [0, 0.05) is 41.2 Å². The van der Waals surface area contributed by atoms with E-state index in [1.807, 2.05) is 60.7 Å². The number of morpholine rings is 1. The van der Waals surface area contributed by atoms with E-state index in [1.165, 1.54) is 0 Å². The number of nitrogens with one attached hydrogen (secondary N) is 1. The van der Waals surface area contributed by atoms with Crippen LogP contribution in [0, 0.1) is 0 Å². The molecule has 7 heteroatoms. The number of carbonyl (C=O) groups excluding carboxylic acids is 1. The minimum absolute atomic E-state index is 0.205. The first-order chi connectivity index (χ1) is 16.7. The molecule has 4 aromatic rings. The molecule has 172 valence electrons. The van der Waals surface area contributed by atoms with Gasteiger partial charge >= 0.3 is 0 Å². The molecule has 5 rings (SSSR count). The van der Waals surface area contributed by atoms with Gasteiger partial charge in [0.15, 0.2) is 0 Å². The summed E-state index contributed by atoms with van der Waals surface area (Å²) < 4.78 is 7.26. The van der Waals surface area contributed by atoms with Crippen LogP contribution in [0.25, 0.3) is 11.3 Å². The molecule has 34 heavy (non-hydrogen) atoms. The molecule has 0 atom stereocenters. The maximum absolute atomic E-state index is 13.4. The molecule has 1 amide bonds. The average molecular weight is 473 g/mol. The van der Waals surface area contributed by atoms with Crippen molar-refractivity contribution in [3.63, 3.8) is 0 Å². The van der Waals surface area contributed by atoms with Crippen LogP contribution in [0.15, 0.2) is 85.1 Å². The molecular formula is C27H25ClN4O2. The number of hydrogen-bond donors (Lipinski definition) is 1.